The van der Waals surface area contributed by atoms with Crippen LogP contribution in [0.1, 0.15) is 24.2 Å². The number of hydrogen-bond donors (Lipinski definition) is 3. The van der Waals surface area contributed by atoms with Crippen LogP contribution in [0.2, 0.25) is 0 Å². The van der Waals surface area contributed by atoms with Crippen molar-refractivity contribution in [3.63, 3.8) is 0 Å². The molecule has 0 bridgehead atoms. The minimum Gasteiger partial charge on any atom is -0.324 e. The maximum atomic E-state index is 12.0. The van der Waals surface area contributed by atoms with Crippen molar-refractivity contribution < 1.29 is 14.4 Å². The van der Waals surface area contributed by atoms with E-state index in [1.54, 1.807) is 38.1 Å². The molecule has 2 atom stereocenters. The zero-order valence-corrected chi connectivity index (χ0v) is 14.6. The normalized spacial score (nSPS) is 13.0. The molecule has 114 valence electrons. The number of carbonyl (C=O) groups excluding carboxylic acids is 3. The van der Waals surface area contributed by atoms with Crippen LogP contribution in [0.3, 0.4) is 0 Å². The first-order valence-corrected chi connectivity index (χ1v) is 7.94. The average molecular weight is 421 g/mol. The Labute approximate surface area is 139 Å². The summed E-state index contributed by atoms with van der Waals surface area (Å²) in [6.45, 7) is 3.31. The average Bonchev–Trinajstić information content (AvgIpc) is 2.44. The van der Waals surface area contributed by atoms with Gasteiger partial charge in [-0.25, -0.2) is 0 Å². The molecule has 3 N–H and O–H groups in total. The Morgan fingerprint density at radius 1 is 0.952 bits per heavy atom. The summed E-state index contributed by atoms with van der Waals surface area (Å²) in [5.41, 5.74) is 5.19. The van der Waals surface area contributed by atoms with Crippen molar-refractivity contribution in [3.8, 4) is 0 Å². The van der Waals surface area contributed by atoms with Gasteiger partial charge < -0.3 is 5.32 Å². The van der Waals surface area contributed by atoms with Crippen molar-refractivity contribution in [1.82, 2.24) is 10.9 Å². The highest BCUT2D eigenvalue weighted by Gasteiger charge is 2.16. The van der Waals surface area contributed by atoms with Gasteiger partial charge in [0.1, 0.15) is 0 Å². The van der Waals surface area contributed by atoms with Gasteiger partial charge in [-0.05, 0) is 26.0 Å². The van der Waals surface area contributed by atoms with Gasteiger partial charge in [-0.1, -0.05) is 44.0 Å². The fourth-order valence-corrected chi connectivity index (χ4v) is 1.54. The summed E-state index contributed by atoms with van der Waals surface area (Å²) in [6.07, 6.45) is 0. The van der Waals surface area contributed by atoms with E-state index in [4.69, 9.17) is 0 Å². The Balaban J connectivity index is 2.80. The number of benzene rings is 1. The van der Waals surface area contributed by atoms with Gasteiger partial charge in [-0.15, -0.1) is 0 Å². The Hall–Kier alpha value is -1.41. The predicted octanol–water partition coefficient (Wildman–Crippen LogP) is 1.95. The van der Waals surface area contributed by atoms with E-state index in [0.717, 1.165) is 0 Å². The minimum atomic E-state index is -0.519. The first kappa shape index (κ1) is 17.6. The second-order valence-corrected chi connectivity index (χ2v) is 6.96. The van der Waals surface area contributed by atoms with Crippen LogP contribution in [0.25, 0.3) is 0 Å². The van der Waals surface area contributed by atoms with E-state index in [1.807, 2.05) is 0 Å². The maximum Gasteiger partial charge on any atom is 0.271 e. The Morgan fingerprint density at radius 3 is 2.10 bits per heavy atom. The molecule has 3 amide bonds. The summed E-state index contributed by atoms with van der Waals surface area (Å²) in [5, 5.41) is 2.63. The SMILES string of the molecule is CC(Br)C(=O)NNC(=O)c1ccccc1NC(=O)C(C)Br. The van der Waals surface area contributed by atoms with Crippen molar-refractivity contribution in [1.29, 1.82) is 0 Å². The Kier molecular flexibility index (Phi) is 6.83. The molecule has 1 aromatic rings. The molecule has 21 heavy (non-hydrogen) atoms. The molecule has 1 rings (SSSR count). The molecule has 0 aliphatic carbocycles. The second kappa shape index (κ2) is 8.14. The van der Waals surface area contributed by atoms with Gasteiger partial charge in [0.2, 0.25) is 5.91 Å². The first-order chi connectivity index (χ1) is 9.82. The molecule has 0 spiro atoms. The van der Waals surface area contributed by atoms with Crippen molar-refractivity contribution in [3.05, 3.63) is 29.8 Å². The zero-order valence-electron chi connectivity index (χ0n) is 11.4. The molecule has 8 heteroatoms. The maximum absolute atomic E-state index is 12.0. The number of alkyl halides is 2. The third kappa shape index (κ3) is 5.47. The molecule has 0 aliphatic heterocycles. The highest BCUT2D eigenvalue weighted by Crippen LogP contribution is 2.16. The lowest BCUT2D eigenvalue weighted by molar-refractivity contribution is -0.121. The van der Waals surface area contributed by atoms with Crippen LogP contribution < -0.4 is 16.2 Å². The highest BCUT2D eigenvalue weighted by molar-refractivity contribution is 9.10. The van der Waals surface area contributed by atoms with Gasteiger partial charge in [0.05, 0.1) is 20.9 Å². The summed E-state index contributed by atoms with van der Waals surface area (Å²) in [4.78, 5) is 34.3. The van der Waals surface area contributed by atoms with E-state index in [-0.39, 0.29) is 22.2 Å². The monoisotopic (exact) mass is 419 g/mol. The van der Waals surface area contributed by atoms with Crippen molar-refractivity contribution in [2.75, 3.05) is 5.32 Å². The second-order valence-electron chi connectivity index (χ2n) is 4.21. The highest BCUT2D eigenvalue weighted by atomic mass is 79.9. The number of para-hydroxylation sites is 1. The molecule has 0 saturated carbocycles. The molecule has 0 radical (unpaired) electrons. The van der Waals surface area contributed by atoms with Crippen molar-refractivity contribution >= 4 is 55.3 Å². The summed E-state index contributed by atoms with van der Waals surface area (Å²) in [7, 11) is 0. The van der Waals surface area contributed by atoms with Crippen LogP contribution in [0.5, 0.6) is 0 Å². The standard InChI is InChI=1S/C13H15Br2N3O3/c1-7(14)11(19)16-10-6-4-3-5-9(10)13(21)18-17-12(20)8(2)15/h3-8H,1-2H3,(H,16,19)(H,17,20)(H,18,21). The lowest BCUT2D eigenvalue weighted by Gasteiger charge is -2.13. The molecule has 0 aromatic heterocycles. The molecular formula is C13H15Br2N3O3. The zero-order chi connectivity index (χ0) is 16.0. The largest absolute Gasteiger partial charge is 0.324 e. The van der Waals surface area contributed by atoms with Crippen molar-refractivity contribution in [2.45, 2.75) is 23.5 Å². The van der Waals surface area contributed by atoms with Crippen LogP contribution in [-0.4, -0.2) is 27.4 Å². The number of nitrogens with one attached hydrogen (secondary N) is 3. The van der Waals surface area contributed by atoms with E-state index in [1.165, 1.54) is 0 Å². The van der Waals surface area contributed by atoms with Crippen molar-refractivity contribution in [2.24, 2.45) is 0 Å². The molecule has 2 unspecified atom stereocenters. The third-order valence-electron chi connectivity index (χ3n) is 2.45. The van der Waals surface area contributed by atoms with Gasteiger partial charge in [0, 0.05) is 0 Å². The summed E-state index contributed by atoms with van der Waals surface area (Å²) in [6, 6.07) is 6.52. The van der Waals surface area contributed by atoms with Crippen LogP contribution in [-0.2, 0) is 9.59 Å². The summed E-state index contributed by atoms with van der Waals surface area (Å²) >= 11 is 6.23. The number of rotatable bonds is 4. The minimum absolute atomic E-state index is 0.251. The summed E-state index contributed by atoms with van der Waals surface area (Å²) < 4.78 is 0. The Morgan fingerprint density at radius 2 is 1.52 bits per heavy atom. The number of halogens is 2. The van der Waals surface area contributed by atoms with Gasteiger partial charge in [0.15, 0.2) is 0 Å². The Bertz CT molecular complexity index is 547. The topological polar surface area (TPSA) is 87.3 Å². The molecule has 0 heterocycles. The van der Waals surface area contributed by atoms with E-state index >= 15 is 0 Å². The summed E-state index contributed by atoms with van der Waals surface area (Å²) in [5.74, 6) is -1.16. The van der Waals surface area contributed by atoms with Crippen LogP contribution in [0.4, 0.5) is 5.69 Å². The quantitative estimate of drug-likeness (QED) is 0.513. The van der Waals surface area contributed by atoms with E-state index in [2.05, 4.69) is 48.0 Å². The molecular weight excluding hydrogens is 406 g/mol. The molecule has 0 saturated heterocycles. The number of carbonyl (C=O) groups is 3. The van der Waals surface area contributed by atoms with Gasteiger partial charge in [0.25, 0.3) is 11.8 Å². The first-order valence-electron chi connectivity index (χ1n) is 6.11. The molecule has 0 fully saturated rings. The fraction of sp³-hybridized carbons (Fsp3) is 0.308. The van der Waals surface area contributed by atoms with Gasteiger partial charge in [-0.3, -0.25) is 25.2 Å². The van der Waals surface area contributed by atoms with Crippen LogP contribution in [0.15, 0.2) is 24.3 Å². The predicted molar refractivity (Wildman–Crippen MR) is 87.5 cm³/mol. The fourth-order valence-electron chi connectivity index (χ4n) is 1.31. The smallest absolute Gasteiger partial charge is 0.271 e. The molecule has 1 aromatic carbocycles. The molecule has 6 nitrogen and oxygen atoms in total. The van der Waals surface area contributed by atoms with Gasteiger partial charge >= 0.3 is 0 Å². The van der Waals surface area contributed by atoms with Crippen LogP contribution in [0, 0.1) is 0 Å². The lowest BCUT2D eigenvalue weighted by atomic mass is 10.1. The van der Waals surface area contributed by atoms with E-state index in [0.29, 0.717) is 5.69 Å². The number of anilines is 1. The number of hydrogen-bond acceptors (Lipinski definition) is 3. The number of hydrazine groups is 1. The van der Waals surface area contributed by atoms with Crippen LogP contribution >= 0.6 is 31.9 Å². The van der Waals surface area contributed by atoms with E-state index in [9.17, 15) is 14.4 Å². The van der Waals surface area contributed by atoms with E-state index < -0.39 is 10.7 Å². The third-order valence-corrected chi connectivity index (χ3v) is 3.28. The molecule has 0 aliphatic rings. The lowest BCUT2D eigenvalue weighted by Crippen LogP contribution is -2.44. The van der Waals surface area contributed by atoms with Gasteiger partial charge in [-0.2, -0.15) is 0 Å². The number of amides is 3.